The number of esters is 1. The number of benzene rings is 2. The van der Waals surface area contributed by atoms with Crippen molar-refractivity contribution in [2.75, 3.05) is 50.1 Å². The van der Waals surface area contributed by atoms with Gasteiger partial charge in [-0.15, -0.1) is 0 Å². The van der Waals surface area contributed by atoms with Gasteiger partial charge in [-0.1, -0.05) is 17.7 Å². The number of amides is 1. The molecule has 3 heterocycles. The lowest BCUT2D eigenvalue weighted by Gasteiger charge is -2.29. The van der Waals surface area contributed by atoms with Crippen LogP contribution in [0.3, 0.4) is 0 Å². The number of hydrogen-bond acceptors (Lipinski definition) is 9. The molecule has 1 amide bonds. The number of nitrogens with one attached hydrogen (secondary N) is 2. The van der Waals surface area contributed by atoms with Crippen molar-refractivity contribution in [3.8, 4) is 5.75 Å². The molecule has 12 heteroatoms. The Hall–Kier alpha value is -3.80. The van der Waals surface area contributed by atoms with Crippen molar-refractivity contribution in [2.45, 2.75) is 19.4 Å². The van der Waals surface area contributed by atoms with Gasteiger partial charge in [0, 0.05) is 48.8 Å². The molecule has 0 spiro atoms. The van der Waals surface area contributed by atoms with Crippen LogP contribution < -0.4 is 15.4 Å². The van der Waals surface area contributed by atoms with Crippen molar-refractivity contribution >= 4 is 51.6 Å². The SMILES string of the molecule is C[C@@H]1CN(C/C=C/C(=O)Nc2cc3c(Nc4ccc(F)c(Cl)c4)ncnc3cc2OCC2CCOC2)CC(=O)O1. The second-order valence-electron chi connectivity index (χ2n) is 9.77. The molecule has 0 bridgehead atoms. The van der Waals surface area contributed by atoms with Crippen LogP contribution in [-0.4, -0.2) is 72.3 Å². The van der Waals surface area contributed by atoms with Crippen LogP contribution in [0, 0.1) is 11.7 Å². The molecule has 1 unspecified atom stereocenters. The summed E-state index contributed by atoms with van der Waals surface area (Å²) in [4.78, 5) is 35.2. The summed E-state index contributed by atoms with van der Waals surface area (Å²) < 4.78 is 30.4. The smallest absolute Gasteiger partial charge is 0.320 e. The second kappa shape index (κ2) is 12.6. The summed E-state index contributed by atoms with van der Waals surface area (Å²) in [6, 6.07) is 7.75. The summed E-state index contributed by atoms with van der Waals surface area (Å²) in [6.07, 6.45) is 5.23. The number of carbonyl (C=O) groups excluding carboxylic acids is 2. The molecular formula is C28H29ClFN5O5. The Morgan fingerprint density at radius 3 is 2.95 bits per heavy atom. The average Bonchev–Trinajstić information content (AvgIpc) is 3.43. The summed E-state index contributed by atoms with van der Waals surface area (Å²) >= 11 is 5.94. The zero-order valence-electron chi connectivity index (χ0n) is 21.9. The third kappa shape index (κ3) is 7.04. The normalized spacial score (nSPS) is 19.6. The highest BCUT2D eigenvalue weighted by Gasteiger charge is 2.22. The molecule has 40 heavy (non-hydrogen) atoms. The minimum atomic E-state index is -0.526. The fourth-order valence-corrected chi connectivity index (χ4v) is 4.75. The Morgan fingerprint density at radius 2 is 2.17 bits per heavy atom. The van der Waals surface area contributed by atoms with E-state index >= 15 is 0 Å². The molecule has 2 aromatic carbocycles. The van der Waals surface area contributed by atoms with Gasteiger partial charge in [0.1, 0.15) is 29.8 Å². The van der Waals surface area contributed by atoms with Gasteiger partial charge < -0.3 is 24.8 Å². The number of ether oxygens (including phenoxy) is 3. The number of fused-ring (bicyclic) bond motifs is 1. The largest absolute Gasteiger partial charge is 0.491 e. The van der Waals surface area contributed by atoms with Crippen molar-refractivity contribution in [1.29, 1.82) is 0 Å². The van der Waals surface area contributed by atoms with E-state index in [1.54, 1.807) is 24.3 Å². The Kier molecular flexibility index (Phi) is 8.73. The molecule has 10 nitrogen and oxygen atoms in total. The number of halogens is 2. The molecule has 1 aromatic heterocycles. The molecule has 2 fully saturated rings. The van der Waals surface area contributed by atoms with Crippen LogP contribution in [0.15, 0.2) is 48.8 Å². The van der Waals surface area contributed by atoms with Crippen LogP contribution in [-0.2, 0) is 19.1 Å². The molecule has 210 valence electrons. The van der Waals surface area contributed by atoms with Gasteiger partial charge in [-0.3, -0.25) is 14.5 Å². The van der Waals surface area contributed by atoms with Gasteiger partial charge in [0.2, 0.25) is 5.91 Å². The number of carbonyl (C=O) groups is 2. The zero-order chi connectivity index (χ0) is 28.1. The topological polar surface area (TPSA) is 115 Å². The van der Waals surface area contributed by atoms with Gasteiger partial charge in [0.05, 0.1) is 36.0 Å². The summed E-state index contributed by atoms with van der Waals surface area (Å²) in [5.41, 5.74) is 1.56. The van der Waals surface area contributed by atoms with Crippen LogP contribution in [0.1, 0.15) is 13.3 Å². The maximum absolute atomic E-state index is 13.6. The molecule has 0 saturated carbocycles. The van der Waals surface area contributed by atoms with Gasteiger partial charge in [-0.2, -0.15) is 0 Å². The highest BCUT2D eigenvalue weighted by molar-refractivity contribution is 6.31. The number of cyclic esters (lactones) is 1. The van der Waals surface area contributed by atoms with E-state index < -0.39 is 5.82 Å². The molecular weight excluding hydrogens is 541 g/mol. The van der Waals surface area contributed by atoms with Crippen LogP contribution >= 0.6 is 11.6 Å². The average molecular weight is 570 g/mol. The maximum Gasteiger partial charge on any atom is 0.320 e. The molecule has 2 aliphatic heterocycles. The van der Waals surface area contributed by atoms with Gasteiger partial charge in [-0.25, -0.2) is 14.4 Å². The Morgan fingerprint density at radius 1 is 1.30 bits per heavy atom. The van der Waals surface area contributed by atoms with Crippen LogP contribution in [0.4, 0.5) is 21.6 Å². The van der Waals surface area contributed by atoms with E-state index in [1.807, 2.05) is 11.8 Å². The molecule has 2 aliphatic rings. The van der Waals surface area contributed by atoms with Crippen molar-refractivity contribution in [3.05, 3.63) is 59.7 Å². The predicted octanol–water partition coefficient (Wildman–Crippen LogP) is 4.32. The molecule has 3 aromatic rings. The first-order valence-corrected chi connectivity index (χ1v) is 13.3. The second-order valence-corrected chi connectivity index (χ2v) is 10.2. The molecule has 0 radical (unpaired) electrons. The number of rotatable bonds is 9. The molecule has 0 aliphatic carbocycles. The fourth-order valence-electron chi connectivity index (χ4n) is 4.57. The van der Waals surface area contributed by atoms with Crippen LogP contribution in [0.5, 0.6) is 5.75 Å². The number of morpholine rings is 1. The third-order valence-corrected chi connectivity index (χ3v) is 6.80. The number of anilines is 3. The molecule has 2 atom stereocenters. The van der Waals surface area contributed by atoms with Crippen LogP contribution in [0.25, 0.3) is 10.9 Å². The van der Waals surface area contributed by atoms with Crippen molar-refractivity contribution in [2.24, 2.45) is 5.92 Å². The monoisotopic (exact) mass is 569 g/mol. The Balaban J connectivity index is 1.37. The first-order chi connectivity index (χ1) is 19.3. The van der Waals surface area contributed by atoms with Crippen molar-refractivity contribution < 1.29 is 28.2 Å². The summed E-state index contributed by atoms with van der Waals surface area (Å²) in [5, 5.41) is 6.62. The van der Waals surface area contributed by atoms with Crippen molar-refractivity contribution in [1.82, 2.24) is 14.9 Å². The van der Waals surface area contributed by atoms with E-state index in [0.29, 0.717) is 66.8 Å². The molecule has 2 saturated heterocycles. The van der Waals surface area contributed by atoms with E-state index in [2.05, 4.69) is 20.6 Å². The van der Waals surface area contributed by atoms with Crippen LogP contribution in [0.2, 0.25) is 5.02 Å². The number of hydrogen-bond donors (Lipinski definition) is 2. The van der Waals surface area contributed by atoms with Crippen molar-refractivity contribution in [3.63, 3.8) is 0 Å². The van der Waals surface area contributed by atoms with Gasteiger partial charge >= 0.3 is 5.97 Å². The highest BCUT2D eigenvalue weighted by Crippen LogP contribution is 2.34. The van der Waals surface area contributed by atoms with Gasteiger partial charge in [0.25, 0.3) is 0 Å². The van der Waals surface area contributed by atoms with E-state index in [-0.39, 0.29) is 35.5 Å². The van der Waals surface area contributed by atoms with E-state index in [9.17, 15) is 14.0 Å². The summed E-state index contributed by atoms with van der Waals surface area (Å²) in [7, 11) is 0. The molecule has 2 N–H and O–H groups in total. The lowest BCUT2D eigenvalue weighted by molar-refractivity contribution is -0.156. The van der Waals surface area contributed by atoms with E-state index in [1.165, 1.54) is 24.5 Å². The van der Waals surface area contributed by atoms with E-state index in [0.717, 1.165) is 6.42 Å². The predicted molar refractivity (Wildman–Crippen MR) is 148 cm³/mol. The van der Waals surface area contributed by atoms with Gasteiger partial charge in [-0.05, 0) is 37.6 Å². The molecule has 5 rings (SSSR count). The summed E-state index contributed by atoms with van der Waals surface area (Å²) in [5.74, 6) is -0.0103. The lowest BCUT2D eigenvalue weighted by atomic mass is 10.1. The first-order valence-electron chi connectivity index (χ1n) is 12.9. The highest BCUT2D eigenvalue weighted by atomic mass is 35.5. The standard InChI is InChI=1S/C28H29ClFN5O5/c1-17-12-35(13-27(37)40-17)7-2-3-26(36)34-24-10-20-23(11-25(24)39-15-18-6-8-38-14-18)31-16-32-28(20)33-19-4-5-22(30)21(29)9-19/h2-5,9-11,16-18H,6-8,12-15H2,1H3,(H,34,36)(H,31,32,33)/b3-2+/t17-,18?/m1/s1. The Bertz CT molecular complexity index is 1430. The zero-order valence-corrected chi connectivity index (χ0v) is 22.6. The Labute approximate surface area is 235 Å². The number of aromatic nitrogens is 2. The minimum Gasteiger partial charge on any atom is -0.491 e. The quantitative estimate of drug-likeness (QED) is 0.287. The lowest BCUT2D eigenvalue weighted by Crippen LogP contribution is -2.44. The minimum absolute atomic E-state index is 0.0226. The summed E-state index contributed by atoms with van der Waals surface area (Å²) in [6.45, 7) is 4.78. The third-order valence-electron chi connectivity index (χ3n) is 6.51. The fraction of sp³-hybridized carbons (Fsp3) is 0.357. The van der Waals surface area contributed by atoms with E-state index in [4.69, 9.17) is 25.8 Å². The van der Waals surface area contributed by atoms with Gasteiger partial charge in [0.15, 0.2) is 0 Å². The number of nitrogens with zero attached hydrogens (tertiary/aromatic N) is 3. The first kappa shape index (κ1) is 27.8. The maximum atomic E-state index is 13.6.